The summed E-state index contributed by atoms with van der Waals surface area (Å²) in [4.78, 5) is 4.19. The third kappa shape index (κ3) is 6.72. The van der Waals surface area contributed by atoms with Crippen LogP contribution in [0.2, 0.25) is 0 Å². The summed E-state index contributed by atoms with van der Waals surface area (Å²) in [5.74, 6) is -0.143. The van der Waals surface area contributed by atoms with Gasteiger partial charge in [0.1, 0.15) is 5.75 Å². The summed E-state index contributed by atoms with van der Waals surface area (Å²) in [5.41, 5.74) is 8.31. The molecule has 0 fully saturated rings. The molecular weight excluding hydrogens is 335 g/mol. The minimum Gasteiger partial charge on any atom is -0.406 e. The lowest BCUT2D eigenvalue weighted by atomic mass is 10.1. The van der Waals surface area contributed by atoms with E-state index in [9.17, 15) is 13.2 Å². The van der Waals surface area contributed by atoms with Gasteiger partial charge < -0.3 is 20.5 Å². The Hall–Kier alpha value is -2.74. The first-order chi connectivity index (χ1) is 11.9. The van der Waals surface area contributed by atoms with Gasteiger partial charge >= 0.3 is 6.36 Å². The van der Waals surface area contributed by atoms with Crippen molar-refractivity contribution in [3.63, 3.8) is 0 Å². The van der Waals surface area contributed by atoms with Crippen LogP contribution in [0, 0.1) is 0 Å². The fraction of sp³-hybridized carbons (Fsp3) is 0.235. The Labute approximate surface area is 143 Å². The highest BCUT2D eigenvalue weighted by Gasteiger charge is 2.30. The van der Waals surface area contributed by atoms with Gasteiger partial charge in [-0.05, 0) is 35.4 Å². The lowest BCUT2D eigenvalue weighted by Crippen LogP contribution is -2.22. The summed E-state index contributed by atoms with van der Waals surface area (Å²) in [6, 6.07) is 13.0. The van der Waals surface area contributed by atoms with Gasteiger partial charge in [-0.25, -0.2) is 4.99 Å². The molecule has 0 unspecified atom stereocenters. The van der Waals surface area contributed by atoms with Crippen LogP contribution in [-0.2, 0) is 17.9 Å². The highest BCUT2D eigenvalue weighted by Crippen LogP contribution is 2.23. The zero-order valence-corrected chi connectivity index (χ0v) is 13.5. The van der Waals surface area contributed by atoms with Gasteiger partial charge in [-0.3, -0.25) is 0 Å². The third-order valence-corrected chi connectivity index (χ3v) is 3.13. The predicted octanol–water partition coefficient (Wildman–Crippen LogP) is 3.66. The first kappa shape index (κ1) is 18.6. The second-order valence-electron chi connectivity index (χ2n) is 5.15. The van der Waals surface area contributed by atoms with E-state index in [1.54, 1.807) is 7.11 Å². The predicted molar refractivity (Wildman–Crippen MR) is 89.2 cm³/mol. The Morgan fingerprint density at radius 3 is 2.20 bits per heavy atom. The number of halogens is 3. The first-order valence-corrected chi connectivity index (χ1v) is 7.35. The van der Waals surface area contributed by atoms with Crippen molar-refractivity contribution in [3.8, 4) is 5.75 Å². The molecule has 0 spiro atoms. The smallest absolute Gasteiger partial charge is 0.406 e. The maximum absolute atomic E-state index is 12.1. The number of guanidine groups is 1. The molecule has 0 aromatic heterocycles. The van der Waals surface area contributed by atoms with Crippen LogP contribution in [0.25, 0.3) is 0 Å². The van der Waals surface area contributed by atoms with Crippen molar-refractivity contribution >= 4 is 11.6 Å². The second kappa shape index (κ2) is 8.39. The molecule has 3 N–H and O–H groups in total. The minimum atomic E-state index is -4.71. The van der Waals surface area contributed by atoms with Crippen molar-refractivity contribution < 1.29 is 22.6 Å². The molecule has 0 amide bonds. The SMILES string of the molecule is COCc1ccc(CN=C(N)Nc2ccc(OC(F)(F)F)cc2)cc1. The highest BCUT2D eigenvalue weighted by molar-refractivity contribution is 5.92. The van der Waals surface area contributed by atoms with Gasteiger partial charge in [-0.15, -0.1) is 13.2 Å². The molecule has 134 valence electrons. The van der Waals surface area contributed by atoms with E-state index in [4.69, 9.17) is 10.5 Å². The molecule has 2 aromatic carbocycles. The molecule has 0 bridgehead atoms. The van der Waals surface area contributed by atoms with Crippen LogP contribution in [0.15, 0.2) is 53.5 Å². The van der Waals surface area contributed by atoms with Crippen LogP contribution in [0.5, 0.6) is 5.75 Å². The molecule has 0 atom stereocenters. The molecule has 0 saturated heterocycles. The summed E-state index contributed by atoms with van der Waals surface area (Å²) >= 11 is 0. The number of nitrogens with one attached hydrogen (secondary N) is 1. The van der Waals surface area contributed by atoms with E-state index in [2.05, 4.69) is 15.0 Å². The number of rotatable bonds is 6. The van der Waals surface area contributed by atoms with Gasteiger partial charge in [-0.2, -0.15) is 0 Å². The first-order valence-electron chi connectivity index (χ1n) is 7.35. The summed E-state index contributed by atoms with van der Waals surface area (Å²) in [6.07, 6.45) is -4.71. The van der Waals surface area contributed by atoms with Gasteiger partial charge in [0.15, 0.2) is 5.96 Å². The number of ether oxygens (including phenoxy) is 2. The van der Waals surface area contributed by atoms with Crippen molar-refractivity contribution in [1.29, 1.82) is 0 Å². The topological polar surface area (TPSA) is 68.9 Å². The lowest BCUT2D eigenvalue weighted by molar-refractivity contribution is -0.274. The Balaban J connectivity index is 1.90. The van der Waals surface area contributed by atoms with Crippen LogP contribution in [-0.4, -0.2) is 19.4 Å². The Bertz CT molecular complexity index is 699. The van der Waals surface area contributed by atoms with Crippen LogP contribution < -0.4 is 15.8 Å². The number of alkyl halides is 3. The lowest BCUT2D eigenvalue weighted by Gasteiger charge is -2.10. The minimum absolute atomic E-state index is 0.158. The standard InChI is InChI=1S/C17H18F3N3O2/c1-24-11-13-4-2-12(3-5-13)10-22-16(21)23-14-6-8-15(9-7-14)25-17(18,19)20/h2-9H,10-11H2,1H3,(H3,21,22,23). The van der Waals surface area contributed by atoms with Gasteiger partial charge in [0.25, 0.3) is 0 Å². The average Bonchev–Trinajstić information content (AvgIpc) is 2.55. The van der Waals surface area contributed by atoms with Crippen molar-refractivity contribution in [3.05, 3.63) is 59.7 Å². The fourth-order valence-corrected chi connectivity index (χ4v) is 2.01. The zero-order chi connectivity index (χ0) is 18.3. The normalized spacial score (nSPS) is 12.1. The van der Waals surface area contributed by atoms with Crippen molar-refractivity contribution in [1.82, 2.24) is 0 Å². The summed E-state index contributed by atoms with van der Waals surface area (Å²) in [5, 5.41) is 2.80. The number of benzene rings is 2. The maximum Gasteiger partial charge on any atom is 0.573 e. The molecule has 5 nitrogen and oxygen atoms in total. The van der Waals surface area contributed by atoms with Crippen LogP contribution in [0.3, 0.4) is 0 Å². The quantitative estimate of drug-likeness (QED) is 0.614. The monoisotopic (exact) mass is 353 g/mol. The van der Waals surface area contributed by atoms with E-state index in [1.807, 2.05) is 24.3 Å². The number of nitrogens with zero attached hydrogens (tertiary/aromatic N) is 1. The molecule has 0 radical (unpaired) electrons. The number of anilines is 1. The Kier molecular flexibility index (Phi) is 6.24. The van der Waals surface area contributed by atoms with Crippen LogP contribution >= 0.6 is 0 Å². The molecule has 2 rings (SSSR count). The number of hydrogen-bond acceptors (Lipinski definition) is 3. The van der Waals surface area contributed by atoms with Crippen LogP contribution in [0.4, 0.5) is 18.9 Å². The van der Waals surface area contributed by atoms with Crippen molar-refractivity contribution in [2.24, 2.45) is 10.7 Å². The van der Waals surface area contributed by atoms with Gasteiger partial charge in [0.05, 0.1) is 13.2 Å². The maximum atomic E-state index is 12.1. The summed E-state index contributed by atoms with van der Waals surface area (Å²) in [6.45, 7) is 0.919. The average molecular weight is 353 g/mol. The molecule has 0 aliphatic rings. The number of methoxy groups -OCH3 is 1. The number of aliphatic imine (C=N–C) groups is 1. The molecule has 25 heavy (non-hydrogen) atoms. The van der Waals surface area contributed by atoms with E-state index >= 15 is 0 Å². The van der Waals surface area contributed by atoms with Crippen LogP contribution in [0.1, 0.15) is 11.1 Å². The molecule has 0 aliphatic heterocycles. The largest absolute Gasteiger partial charge is 0.573 e. The van der Waals surface area contributed by atoms with E-state index in [1.165, 1.54) is 24.3 Å². The Morgan fingerprint density at radius 1 is 1.04 bits per heavy atom. The van der Waals surface area contributed by atoms with E-state index in [0.29, 0.717) is 18.8 Å². The van der Waals surface area contributed by atoms with E-state index in [-0.39, 0.29) is 11.7 Å². The van der Waals surface area contributed by atoms with E-state index < -0.39 is 6.36 Å². The van der Waals surface area contributed by atoms with Gasteiger partial charge in [-0.1, -0.05) is 24.3 Å². The fourth-order valence-electron chi connectivity index (χ4n) is 2.01. The van der Waals surface area contributed by atoms with Gasteiger partial charge in [0.2, 0.25) is 0 Å². The molecular formula is C17H18F3N3O2. The second-order valence-corrected chi connectivity index (χ2v) is 5.15. The molecule has 2 aromatic rings. The molecule has 8 heteroatoms. The van der Waals surface area contributed by atoms with Crippen molar-refractivity contribution in [2.45, 2.75) is 19.5 Å². The highest BCUT2D eigenvalue weighted by atomic mass is 19.4. The zero-order valence-electron chi connectivity index (χ0n) is 13.5. The molecule has 0 saturated carbocycles. The molecule has 0 heterocycles. The number of hydrogen-bond donors (Lipinski definition) is 2. The van der Waals surface area contributed by atoms with E-state index in [0.717, 1.165) is 11.1 Å². The van der Waals surface area contributed by atoms with Gasteiger partial charge in [0, 0.05) is 12.8 Å². The summed E-state index contributed by atoms with van der Waals surface area (Å²) < 4.78 is 45.1. The Morgan fingerprint density at radius 2 is 1.64 bits per heavy atom. The summed E-state index contributed by atoms with van der Waals surface area (Å²) in [7, 11) is 1.63. The number of nitrogens with two attached hydrogens (primary N) is 1. The van der Waals surface area contributed by atoms with Crippen molar-refractivity contribution in [2.75, 3.05) is 12.4 Å². The third-order valence-electron chi connectivity index (χ3n) is 3.13. The molecule has 0 aliphatic carbocycles.